The molecule has 0 unspecified atom stereocenters. The first kappa shape index (κ1) is 6.92. The van der Waals surface area contributed by atoms with Gasteiger partial charge in [-0.05, 0) is 6.07 Å². The third kappa shape index (κ3) is 1.17. The van der Waals surface area contributed by atoms with Gasteiger partial charge >= 0.3 is 0 Å². The molecule has 1 nitrogen and oxygen atoms in total. The van der Waals surface area contributed by atoms with Gasteiger partial charge in [-0.3, -0.25) is 0 Å². The standard InChI is InChI=1S/C6H4Cl2OS/c7-5-1-3(4-2-9-4)6(8)10-5/h1,4H,2H2/t4-/m1/s1. The Balaban J connectivity index is 2.38. The molecule has 2 heterocycles. The average molecular weight is 195 g/mol. The van der Waals surface area contributed by atoms with E-state index >= 15 is 0 Å². The normalized spacial score (nSPS) is 23.2. The summed E-state index contributed by atoms with van der Waals surface area (Å²) in [5.41, 5.74) is 1.04. The summed E-state index contributed by atoms with van der Waals surface area (Å²) in [4.78, 5) is 0. The molecule has 0 N–H and O–H groups in total. The van der Waals surface area contributed by atoms with E-state index < -0.39 is 0 Å². The van der Waals surface area contributed by atoms with E-state index in [4.69, 9.17) is 27.9 Å². The number of epoxide rings is 1. The molecule has 54 valence electrons. The highest BCUT2D eigenvalue weighted by Gasteiger charge is 2.28. The van der Waals surface area contributed by atoms with Gasteiger partial charge in [0.25, 0.3) is 0 Å². The summed E-state index contributed by atoms with van der Waals surface area (Å²) >= 11 is 12.9. The molecule has 2 rings (SSSR count). The highest BCUT2D eigenvalue weighted by Crippen LogP contribution is 2.41. The first-order chi connectivity index (χ1) is 4.77. The number of hydrogen-bond donors (Lipinski definition) is 0. The lowest BCUT2D eigenvalue weighted by Crippen LogP contribution is -1.72. The van der Waals surface area contributed by atoms with Crippen molar-refractivity contribution in [2.24, 2.45) is 0 Å². The molecule has 0 amide bonds. The molecule has 4 heteroatoms. The van der Waals surface area contributed by atoms with Gasteiger partial charge in [0, 0.05) is 5.56 Å². The third-order valence-corrected chi connectivity index (χ3v) is 2.88. The molecule has 0 radical (unpaired) electrons. The van der Waals surface area contributed by atoms with E-state index in [2.05, 4.69) is 0 Å². The summed E-state index contributed by atoms with van der Waals surface area (Å²) in [5, 5.41) is 0. The number of hydrogen-bond acceptors (Lipinski definition) is 2. The van der Waals surface area contributed by atoms with Gasteiger partial charge in [-0.25, -0.2) is 0 Å². The fraction of sp³-hybridized carbons (Fsp3) is 0.333. The van der Waals surface area contributed by atoms with Gasteiger partial charge in [0.2, 0.25) is 0 Å². The molecule has 1 saturated heterocycles. The van der Waals surface area contributed by atoms with Gasteiger partial charge < -0.3 is 4.74 Å². The Labute approximate surface area is 72.5 Å². The van der Waals surface area contributed by atoms with Crippen LogP contribution in [0.25, 0.3) is 0 Å². The predicted molar refractivity (Wildman–Crippen MR) is 43.0 cm³/mol. The van der Waals surface area contributed by atoms with Crippen molar-refractivity contribution in [1.82, 2.24) is 0 Å². The molecule has 0 bridgehead atoms. The van der Waals surface area contributed by atoms with Crippen molar-refractivity contribution >= 4 is 34.5 Å². The summed E-state index contributed by atoms with van der Waals surface area (Å²) in [5.74, 6) is 0. The first-order valence-electron chi connectivity index (χ1n) is 2.83. The van der Waals surface area contributed by atoms with E-state index in [1.165, 1.54) is 11.3 Å². The summed E-state index contributed by atoms with van der Waals surface area (Å²) in [6, 6.07) is 1.87. The maximum absolute atomic E-state index is 5.83. The lowest BCUT2D eigenvalue weighted by Gasteiger charge is -1.85. The third-order valence-electron chi connectivity index (χ3n) is 1.36. The van der Waals surface area contributed by atoms with Gasteiger partial charge in [0.05, 0.1) is 10.9 Å². The molecule has 1 fully saturated rings. The van der Waals surface area contributed by atoms with Crippen LogP contribution in [0.15, 0.2) is 6.07 Å². The zero-order valence-electron chi connectivity index (χ0n) is 4.93. The van der Waals surface area contributed by atoms with Crippen molar-refractivity contribution in [1.29, 1.82) is 0 Å². The van der Waals surface area contributed by atoms with Gasteiger partial charge in [0.1, 0.15) is 10.4 Å². The summed E-state index contributed by atoms with van der Waals surface area (Å²) in [6.07, 6.45) is 0.219. The zero-order valence-corrected chi connectivity index (χ0v) is 7.26. The van der Waals surface area contributed by atoms with Crippen LogP contribution in [-0.2, 0) is 4.74 Å². The Morgan fingerprint density at radius 2 is 2.30 bits per heavy atom. The highest BCUT2D eigenvalue weighted by molar-refractivity contribution is 7.20. The largest absolute Gasteiger partial charge is 0.368 e. The van der Waals surface area contributed by atoms with E-state index in [1.54, 1.807) is 0 Å². The SMILES string of the molecule is Clc1cc([C@H]2CO2)c(Cl)s1. The molecule has 1 aromatic heterocycles. The number of ether oxygens (including phenoxy) is 1. The second-order valence-electron chi connectivity index (χ2n) is 2.10. The maximum Gasteiger partial charge on any atom is 0.108 e. The van der Waals surface area contributed by atoms with Crippen LogP contribution in [0.2, 0.25) is 8.67 Å². The van der Waals surface area contributed by atoms with E-state index in [9.17, 15) is 0 Å². The number of halogens is 2. The Bertz CT molecular complexity index is 254. The molecular formula is C6H4Cl2OS. The van der Waals surface area contributed by atoms with Crippen LogP contribution in [0.3, 0.4) is 0 Å². The smallest absolute Gasteiger partial charge is 0.108 e. The van der Waals surface area contributed by atoms with Crippen LogP contribution in [0, 0.1) is 0 Å². The van der Waals surface area contributed by atoms with Crippen molar-refractivity contribution in [3.8, 4) is 0 Å². The molecule has 1 aliphatic rings. The van der Waals surface area contributed by atoms with Crippen LogP contribution >= 0.6 is 34.5 Å². The minimum atomic E-state index is 0.219. The molecule has 0 spiro atoms. The van der Waals surface area contributed by atoms with E-state index in [0.717, 1.165) is 20.8 Å². The van der Waals surface area contributed by atoms with E-state index in [1.807, 2.05) is 6.07 Å². The second-order valence-corrected chi connectivity index (χ2v) is 4.39. The molecule has 1 aliphatic heterocycles. The fourth-order valence-corrected chi connectivity index (χ4v) is 2.36. The van der Waals surface area contributed by atoms with Crippen molar-refractivity contribution in [2.75, 3.05) is 6.61 Å². The second kappa shape index (κ2) is 2.38. The fourth-order valence-electron chi connectivity index (χ4n) is 0.800. The van der Waals surface area contributed by atoms with Crippen molar-refractivity contribution in [2.45, 2.75) is 6.10 Å². The Kier molecular flexibility index (Phi) is 1.65. The minimum Gasteiger partial charge on any atom is -0.368 e. The summed E-state index contributed by atoms with van der Waals surface area (Å²) in [6.45, 7) is 0.785. The quantitative estimate of drug-likeness (QED) is 0.627. The number of thiophene rings is 1. The monoisotopic (exact) mass is 194 g/mol. The lowest BCUT2D eigenvalue weighted by atomic mass is 10.3. The molecule has 1 atom stereocenters. The van der Waals surface area contributed by atoms with Gasteiger partial charge in [-0.15, -0.1) is 11.3 Å². The van der Waals surface area contributed by atoms with E-state index in [0.29, 0.717) is 0 Å². The molecule has 10 heavy (non-hydrogen) atoms. The Morgan fingerprint density at radius 3 is 2.70 bits per heavy atom. The van der Waals surface area contributed by atoms with E-state index in [-0.39, 0.29) is 6.10 Å². The lowest BCUT2D eigenvalue weighted by molar-refractivity contribution is 0.416. The van der Waals surface area contributed by atoms with Crippen LogP contribution < -0.4 is 0 Å². The van der Waals surface area contributed by atoms with Gasteiger partial charge in [-0.1, -0.05) is 23.2 Å². The molecule has 0 aliphatic carbocycles. The van der Waals surface area contributed by atoms with Crippen LogP contribution in [0.1, 0.15) is 11.7 Å². The first-order valence-corrected chi connectivity index (χ1v) is 4.41. The summed E-state index contributed by atoms with van der Waals surface area (Å²) in [7, 11) is 0. The molecular weight excluding hydrogens is 191 g/mol. The van der Waals surface area contributed by atoms with Crippen molar-refractivity contribution in [3.63, 3.8) is 0 Å². The Hall–Kier alpha value is 0.240. The topological polar surface area (TPSA) is 12.5 Å². The van der Waals surface area contributed by atoms with Gasteiger partial charge in [0.15, 0.2) is 0 Å². The van der Waals surface area contributed by atoms with Crippen LogP contribution in [0.5, 0.6) is 0 Å². The zero-order chi connectivity index (χ0) is 7.14. The molecule has 0 saturated carbocycles. The van der Waals surface area contributed by atoms with Crippen molar-refractivity contribution < 1.29 is 4.74 Å². The average Bonchev–Trinajstić information content (AvgIpc) is 2.61. The Morgan fingerprint density at radius 1 is 1.60 bits per heavy atom. The molecule has 1 aromatic rings. The maximum atomic E-state index is 5.83. The molecule has 0 aromatic carbocycles. The predicted octanol–water partition coefficient (Wildman–Crippen LogP) is 3.13. The van der Waals surface area contributed by atoms with Crippen LogP contribution in [-0.4, -0.2) is 6.61 Å². The highest BCUT2D eigenvalue weighted by atomic mass is 35.5. The van der Waals surface area contributed by atoms with Gasteiger partial charge in [-0.2, -0.15) is 0 Å². The summed E-state index contributed by atoms with van der Waals surface area (Å²) < 4.78 is 6.54. The van der Waals surface area contributed by atoms with Crippen molar-refractivity contribution in [3.05, 3.63) is 20.3 Å². The number of rotatable bonds is 1. The van der Waals surface area contributed by atoms with Crippen LogP contribution in [0.4, 0.5) is 0 Å². The minimum absolute atomic E-state index is 0.219.